The van der Waals surface area contributed by atoms with E-state index in [9.17, 15) is 4.79 Å². The van der Waals surface area contributed by atoms with Gasteiger partial charge in [0.2, 0.25) is 5.91 Å². The maximum absolute atomic E-state index is 12.6. The van der Waals surface area contributed by atoms with Crippen molar-refractivity contribution in [3.05, 3.63) is 48.6 Å². The van der Waals surface area contributed by atoms with Gasteiger partial charge in [-0.05, 0) is 24.4 Å². The predicted octanol–water partition coefficient (Wildman–Crippen LogP) is 4.78. The highest BCUT2D eigenvalue weighted by atomic mass is 28.3. The maximum Gasteiger partial charge on any atom is 0.223 e. The minimum atomic E-state index is -1.40. The molecule has 0 radical (unpaired) electrons. The van der Waals surface area contributed by atoms with Crippen molar-refractivity contribution in [1.82, 2.24) is 5.32 Å². The Kier molecular flexibility index (Phi) is 6.40. The van der Waals surface area contributed by atoms with Crippen LogP contribution in [0.5, 0.6) is 0 Å². The standard InChI is InChI=1S/C18H29NOSi/c1-7-11-17(21(4,5)6)14(2)18(20)19-15(3)16-12-9-8-10-13-16/h7-10,12-15,17H,1,11H2,2-6H3,(H,19,20). The Hall–Kier alpha value is -1.35. The van der Waals surface area contributed by atoms with Crippen molar-refractivity contribution < 1.29 is 4.79 Å². The molecule has 0 aliphatic rings. The van der Waals surface area contributed by atoms with Gasteiger partial charge in [-0.15, -0.1) is 6.58 Å². The first-order valence-corrected chi connectivity index (χ1v) is 11.3. The van der Waals surface area contributed by atoms with E-state index < -0.39 is 8.07 Å². The largest absolute Gasteiger partial charge is 0.349 e. The number of hydrogen-bond acceptors (Lipinski definition) is 1. The molecule has 0 saturated carbocycles. The molecule has 1 aromatic rings. The molecule has 0 heterocycles. The molecular formula is C18H29NOSi. The fourth-order valence-corrected chi connectivity index (χ4v) is 5.36. The number of nitrogens with one attached hydrogen (secondary N) is 1. The highest BCUT2D eigenvalue weighted by Crippen LogP contribution is 2.34. The van der Waals surface area contributed by atoms with E-state index in [1.165, 1.54) is 0 Å². The van der Waals surface area contributed by atoms with Gasteiger partial charge in [0, 0.05) is 14.0 Å². The molecule has 3 atom stereocenters. The van der Waals surface area contributed by atoms with Crippen LogP contribution in [-0.4, -0.2) is 14.0 Å². The zero-order chi connectivity index (χ0) is 16.0. The summed E-state index contributed by atoms with van der Waals surface area (Å²) >= 11 is 0. The van der Waals surface area contributed by atoms with Gasteiger partial charge >= 0.3 is 0 Å². The Morgan fingerprint density at radius 1 is 1.24 bits per heavy atom. The first-order valence-electron chi connectivity index (χ1n) is 7.73. The van der Waals surface area contributed by atoms with Gasteiger partial charge in [-0.3, -0.25) is 4.79 Å². The molecule has 1 aromatic carbocycles. The van der Waals surface area contributed by atoms with E-state index in [1.54, 1.807) is 0 Å². The van der Waals surface area contributed by atoms with Crippen LogP contribution in [0, 0.1) is 5.92 Å². The van der Waals surface area contributed by atoms with E-state index >= 15 is 0 Å². The number of benzene rings is 1. The molecule has 0 fully saturated rings. The minimum absolute atomic E-state index is 0.0285. The van der Waals surface area contributed by atoms with Crippen molar-refractivity contribution in [2.45, 2.75) is 51.5 Å². The fraction of sp³-hybridized carbons (Fsp3) is 0.500. The zero-order valence-electron chi connectivity index (χ0n) is 14.0. The van der Waals surface area contributed by atoms with Gasteiger partial charge in [-0.2, -0.15) is 0 Å². The Balaban J connectivity index is 2.75. The molecular weight excluding hydrogens is 274 g/mol. The second-order valence-corrected chi connectivity index (χ2v) is 12.4. The van der Waals surface area contributed by atoms with E-state index in [-0.39, 0.29) is 17.9 Å². The molecule has 116 valence electrons. The summed E-state index contributed by atoms with van der Waals surface area (Å²) in [7, 11) is -1.40. The summed E-state index contributed by atoms with van der Waals surface area (Å²) < 4.78 is 0. The third kappa shape index (κ3) is 5.16. The van der Waals surface area contributed by atoms with Crippen LogP contribution >= 0.6 is 0 Å². The third-order valence-electron chi connectivity index (χ3n) is 4.21. The van der Waals surface area contributed by atoms with E-state index in [2.05, 4.69) is 50.6 Å². The zero-order valence-corrected chi connectivity index (χ0v) is 15.0. The Morgan fingerprint density at radius 2 is 1.81 bits per heavy atom. The molecule has 2 nitrogen and oxygen atoms in total. The lowest BCUT2D eigenvalue weighted by atomic mass is 10.0. The Morgan fingerprint density at radius 3 is 2.29 bits per heavy atom. The van der Waals surface area contributed by atoms with Crippen molar-refractivity contribution in [3.8, 4) is 0 Å². The number of carbonyl (C=O) groups excluding carboxylic acids is 1. The first kappa shape index (κ1) is 17.7. The van der Waals surface area contributed by atoms with Gasteiger partial charge in [-0.1, -0.05) is 63.0 Å². The highest BCUT2D eigenvalue weighted by molar-refractivity contribution is 6.77. The van der Waals surface area contributed by atoms with E-state index in [4.69, 9.17) is 0 Å². The molecule has 1 rings (SSSR count). The maximum atomic E-state index is 12.6. The summed E-state index contributed by atoms with van der Waals surface area (Å²) in [4.78, 5) is 12.6. The normalized spacial score (nSPS) is 15.9. The summed E-state index contributed by atoms with van der Waals surface area (Å²) in [6.07, 6.45) is 2.87. The SMILES string of the molecule is C=CCC(C(C)C(=O)NC(C)c1ccccc1)[Si](C)(C)C. The van der Waals surface area contributed by atoms with Crippen LogP contribution in [0.15, 0.2) is 43.0 Å². The van der Waals surface area contributed by atoms with Crippen molar-refractivity contribution in [3.63, 3.8) is 0 Å². The van der Waals surface area contributed by atoms with Crippen LogP contribution < -0.4 is 5.32 Å². The molecule has 3 unspecified atom stereocenters. The molecule has 3 heteroatoms. The van der Waals surface area contributed by atoms with Gasteiger partial charge in [0.05, 0.1) is 6.04 Å². The van der Waals surface area contributed by atoms with Gasteiger partial charge in [0.1, 0.15) is 0 Å². The quantitative estimate of drug-likeness (QED) is 0.570. The molecule has 0 aliphatic heterocycles. The third-order valence-corrected chi connectivity index (χ3v) is 7.17. The summed E-state index contributed by atoms with van der Waals surface area (Å²) in [5, 5.41) is 3.16. The molecule has 0 saturated heterocycles. The number of hydrogen-bond donors (Lipinski definition) is 1. The molecule has 0 aliphatic carbocycles. The summed E-state index contributed by atoms with van der Waals surface area (Å²) in [6.45, 7) is 14.9. The predicted molar refractivity (Wildman–Crippen MR) is 94.1 cm³/mol. The van der Waals surface area contributed by atoms with Crippen molar-refractivity contribution >= 4 is 14.0 Å². The van der Waals surface area contributed by atoms with Crippen LogP contribution in [0.3, 0.4) is 0 Å². The van der Waals surface area contributed by atoms with Gasteiger partial charge in [-0.25, -0.2) is 0 Å². The van der Waals surface area contributed by atoms with Crippen LogP contribution in [0.2, 0.25) is 25.2 Å². The van der Waals surface area contributed by atoms with Gasteiger partial charge < -0.3 is 5.32 Å². The topological polar surface area (TPSA) is 29.1 Å². The summed E-state index contributed by atoms with van der Waals surface area (Å²) in [5.74, 6) is 0.182. The Labute approximate surface area is 130 Å². The minimum Gasteiger partial charge on any atom is -0.349 e. The molecule has 1 N–H and O–H groups in total. The lowest BCUT2D eigenvalue weighted by molar-refractivity contribution is -0.125. The average Bonchev–Trinajstić information content (AvgIpc) is 2.43. The number of allylic oxidation sites excluding steroid dienone is 1. The van der Waals surface area contributed by atoms with Crippen LogP contribution in [0.1, 0.15) is 31.9 Å². The monoisotopic (exact) mass is 303 g/mol. The fourth-order valence-electron chi connectivity index (χ4n) is 2.84. The number of amides is 1. The summed E-state index contributed by atoms with van der Waals surface area (Å²) in [6, 6.07) is 10.2. The molecule has 0 spiro atoms. The van der Waals surface area contributed by atoms with Crippen LogP contribution in [-0.2, 0) is 4.79 Å². The van der Waals surface area contributed by atoms with Gasteiger partial charge in [0.25, 0.3) is 0 Å². The molecule has 21 heavy (non-hydrogen) atoms. The van der Waals surface area contributed by atoms with Crippen molar-refractivity contribution in [2.75, 3.05) is 0 Å². The molecule has 0 bridgehead atoms. The smallest absolute Gasteiger partial charge is 0.223 e. The number of rotatable bonds is 7. The van der Waals surface area contributed by atoms with E-state index in [0.717, 1.165) is 12.0 Å². The highest BCUT2D eigenvalue weighted by Gasteiger charge is 2.34. The van der Waals surface area contributed by atoms with Crippen LogP contribution in [0.25, 0.3) is 0 Å². The Bertz CT molecular complexity index is 464. The van der Waals surface area contributed by atoms with Crippen molar-refractivity contribution in [1.29, 1.82) is 0 Å². The number of carbonyl (C=O) groups is 1. The second-order valence-electron chi connectivity index (χ2n) is 6.93. The van der Waals surface area contributed by atoms with Crippen molar-refractivity contribution in [2.24, 2.45) is 5.92 Å². The van der Waals surface area contributed by atoms with Crippen LogP contribution in [0.4, 0.5) is 0 Å². The lowest BCUT2D eigenvalue weighted by Gasteiger charge is -2.33. The van der Waals surface area contributed by atoms with Gasteiger partial charge in [0.15, 0.2) is 0 Å². The first-order chi connectivity index (χ1) is 9.77. The van der Waals surface area contributed by atoms with E-state index in [1.807, 2.05) is 31.2 Å². The molecule has 0 aromatic heterocycles. The lowest BCUT2D eigenvalue weighted by Crippen LogP contribution is -2.40. The average molecular weight is 304 g/mol. The van der Waals surface area contributed by atoms with E-state index in [0.29, 0.717) is 5.54 Å². The second kappa shape index (κ2) is 7.60. The molecule has 1 amide bonds. The summed E-state index contributed by atoms with van der Waals surface area (Å²) in [5.41, 5.74) is 1.57.